The average molecular weight is 561 g/mol. The first-order valence-electron chi connectivity index (χ1n) is 12.4. The molecule has 0 saturated carbocycles. The van der Waals surface area contributed by atoms with Gasteiger partial charge in [0.05, 0.1) is 11.3 Å². The summed E-state index contributed by atoms with van der Waals surface area (Å²) in [6.07, 6.45) is 2.10. The molecule has 0 unspecified atom stereocenters. The van der Waals surface area contributed by atoms with Crippen molar-refractivity contribution < 1.29 is 26.4 Å². The summed E-state index contributed by atoms with van der Waals surface area (Å²) in [6.45, 7) is 5.00. The number of benzene rings is 2. The van der Waals surface area contributed by atoms with Gasteiger partial charge in [-0.2, -0.15) is 4.31 Å². The van der Waals surface area contributed by atoms with E-state index in [2.05, 4.69) is 16.6 Å². The first kappa shape index (κ1) is 28.0. The normalized spacial score (nSPS) is 18.6. The number of carbonyl (C=O) groups excluding carboxylic acids is 2. The van der Waals surface area contributed by atoms with Gasteiger partial charge in [0.25, 0.3) is 0 Å². The van der Waals surface area contributed by atoms with Crippen LogP contribution in [0.3, 0.4) is 0 Å². The molecule has 2 fully saturated rings. The summed E-state index contributed by atoms with van der Waals surface area (Å²) in [7, 11) is -7.28. The van der Waals surface area contributed by atoms with Crippen molar-refractivity contribution in [3.8, 4) is 0 Å². The third-order valence-corrected chi connectivity index (χ3v) is 9.67. The first-order chi connectivity index (χ1) is 18.1. The Balaban J connectivity index is 1.26. The van der Waals surface area contributed by atoms with Gasteiger partial charge < -0.3 is 10.2 Å². The Bertz CT molecular complexity index is 1390. The fourth-order valence-electron chi connectivity index (χ4n) is 4.57. The van der Waals surface area contributed by atoms with Gasteiger partial charge in [0.2, 0.25) is 31.9 Å². The second kappa shape index (κ2) is 11.8. The molecule has 0 aromatic heterocycles. The van der Waals surface area contributed by atoms with E-state index in [-0.39, 0.29) is 42.1 Å². The Morgan fingerprint density at radius 3 is 2.32 bits per heavy atom. The average Bonchev–Trinajstić information content (AvgIpc) is 3.57. The minimum absolute atomic E-state index is 0.107. The Labute approximate surface area is 223 Å². The quantitative estimate of drug-likeness (QED) is 0.430. The van der Waals surface area contributed by atoms with E-state index in [0.29, 0.717) is 31.5 Å². The summed E-state index contributed by atoms with van der Waals surface area (Å²) in [5, 5.41) is 3.69. The highest BCUT2D eigenvalue weighted by molar-refractivity contribution is 7.92. The molecule has 0 aliphatic carbocycles. The standard InChI is InChI=1S/C26H32N4O6S2/c1-2-37(33,34)28-18-22-13-15-29(19-22)38(35,36)24-11-7-20(8-12-24)16-25(31)27-17-21-5-9-23(10-6-21)30-14-3-4-26(30)32/h2,5-12,22,28H,1,3-4,13-19H2,(H,27,31)/t22-/m1/s1. The van der Waals surface area contributed by atoms with Crippen LogP contribution >= 0.6 is 0 Å². The lowest BCUT2D eigenvalue weighted by atomic mass is 10.1. The van der Waals surface area contributed by atoms with E-state index in [0.717, 1.165) is 29.6 Å². The molecule has 2 aromatic rings. The minimum atomic E-state index is -3.72. The monoisotopic (exact) mass is 560 g/mol. The highest BCUT2D eigenvalue weighted by Crippen LogP contribution is 2.25. The summed E-state index contributed by atoms with van der Waals surface area (Å²) in [6, 6.07) is 13.8. The van der Waals surface area contributed by atoms with Crippen LogP contribution in [0.2, 0.25) is 0 Å². The van der Waals surface area contributed by atoms with E-state index in [4.69, 9.17) is 0 Å². The maximum absolute atomic E-state index is 13.0. The van der Waals surface area contributed by atoms with E-state index in [1.807, 2.05) is 24.3 Å². The molecule has 12 heteroatoms. The molecule has 0 radical (unpaired) electrons. The van der Waals surface area contributed by atoms with Gasteiger partial charge in [-0.1, -0.05) is 30.8 Å². The lowest BCUT2D eigenvalue weighted by molar-refractivity contribution is -0.120. The van der Waals surface area contributed by atoms with E-state index in [1.165, 1.54) is 16.4 Å². The zero-order chi connectivity index (χ0) is 27.3. The van der Waals surface area contributed by atoms with Gasteiger partial charge in [-0.15, -0.1) is 0 Å². The van der Waals surface area contributed by atoms with Crippen LogP contribution in [0.15, 0.2) is 65.4 Å². The number of amides is 2. The number of carbonyl (C=O) groups is 2. The Morgan fingerprint density at radius 1 is 1.00 bits per heavy atom. The summed E-state index contributed by atoms with van der Waals surface area (Å²) >= 11 is 0. The summed E-state index contributed by atoms with van der Waals surface area (Å²) in [5.74, 6) is -0.186. The third kappa shape index (κ3) is 6.87. The highest BCUT2D eigenvalue weighted by atomic mass is 32.2. The van der Waals surface area contributed by atoms with Crippen LogP contribution in [0, 0.1) is 5.92 Å². The number of nitrogens with one attached hydrogen (secondary N) is 2. The second-order valence-electron chi connectivity index (χ2n) is 9.49. The molecule has 204 valence electrons. The fraction of sp³-hybridized carbons (Fsp3) is 0.385. The van der Waals surface area contributed by atoms with Crippen molar-refractivity contribution in [2.75, 3.05) is 31.1 Å². The van der Waals surface area contributed by atoms with Crippen molar-refractivity contribution in [3.05, 3.63) is 71.6 Å². The highest BCUT2D eigenvalue weighted by Gasteiger charge is 2.32. The number of sulfonamides is 2. The Hall–Kier alpha value is -3.06. The molecule has 2 aliphatic rings. The molecule has 4 rings (SSSR count). The molecule has 0 spiro atoms. The molecular formula is C26H32N4O6S2. The zero-order valence-corrected chi connectivity index (χ0v) is 22.6. The topological polar surface area (TPSA) is 133 Å². The van der Waals surface area contributed by atoms with Crippen LogP contribution in [-0.2, 0) is 42.6 Å². The molecule has 2 aromatic carbocycles. The van der Waals surface area contributed by atoms with Crippen molar-refractivity contribution in [3.63, 3.8) is 0 Å². The van der Waals surface area contributed by atoms with Crippen molar-refractivity contribution >= 4 is 37.5 Å². The van der Waals surface area contributed by atoms with E-state index in [1.54, 1.807) is 17.0 Å². The van der Waals surface area contributed by atoms with Crippen LogP contribution < -0.4 is 14.9 Å². The number of hydrogen-bond donors (Lipinski definition) is 2. The van der Waals surface area contributed by atoms with Crippen LogP contribution in [0.1, 0.15) is 30.4 Å². The molecule has 2 heterocycles. The van der Waals surface area contributed by atoms with Crippen molar-refractivity contribution in [1.29, 1.82) is 0 Å². The molecule has 0 bridgehead atoms. The molecule has 1 atom stereocenters. The van der Waals surface area contributed by atoms with Crippen LogP contribution in [-0.4, -0.2) is 59.1 Å². The predicted molar refractivity (Wildman–Crippen MR) is 144 cm³/mol. The zero-order valence-electron chi connectivity index (χ0n) is 21.0. The SMILES string of the molecule is C=CS(=O)(=O)NC[C@H]1CCN(S(=O)(=O)c2ccc(CC(=O)NCc3ccc(N4CCCC4=O)cc3)cc2)C1. The van der Waals surface area contributed by atoms with Crippen molar-refractivity contribution in [2.45, 2.75) is 37.1 Å². The van der Waals surface area contributed by atoms with Crippen LogP contribution in [0.25, 0.3) is 0 Å². The van der Waals surface area contributed by atoms with E-state index >= 15 is 0 Å². The van der Waals surface area contributed by atoms with Gasteiger partial charge in [0, 0.05) is 50.2 Å². The van der Waals surface area contributed by atoms with Crippen LogP contribution in [0.4, 0.5) is 5.69 Å². The molecule has 10 nitrogen and oxygen atoms in total. The van der Waals surface area contributed by atoms with Crippen LogP contribution in [0.5, 0.6) is 0 Å². The lowest BCUT2D eigenvalue weighted by Crippen LogP contribution is -2.32. The van der Waals surface area contributed by atoms with Crippen molar-refractivity contribution in [1.82, 2.24) is 14.3 Å². The van der Waals surface area contributed by atoms with Crippen molar-refractivity contribution in [2.24, 2.45) is 5.92 Å². The number of hydrogen-bond acceptors (Lipinski definition) is 6. The summed E-state index contributed by atoms with van der Waals surface area (Å²) in [4.78, 5) is 26.2. The number of rotatable bonds is 11. The summed E-state index contributed by atoms with van der Waals surface area (Å²) < 4.78 is 52.9. The molecule has 2 amide bonds. The fourth-order valence-corrected chi connectivity index (χ4v) is 6.68. The minimum Gasteiger partial charge on any atom is -0.352 e. The summed E-state index contributed by atoms with van der Waals surface area (Å²) in [5.41, 5.74) is 2.46. The molecular weight excluding hydrogens is 528 g/mol. The third-order valence-electron chi connectivity index (χ3n) is 6.78. The van der Waals surface area contributed by atoms with E-state index < -0.39 is 20.0 Å². The molecule has 2 saturated heterocycles. The molecule has 38 heavy (non-hydrogen) atoms. The second-order valence-corrected chi connectivity index (χ2v) is 13.1. The molecule has 2 aliphatic heterocycles. The lowest BCUT2D eigenvalue weighted by Gasteiger charge is -2.17. The first-order valence-corrected chi connectivity index (χ1v) is 15.4. The van der Waals surface area contributed by atoms with Gasteiger partial charge in [-0.3, -0.25) is 9.59 Å². The van der Waals surface area contributed by atoms with Gasteiger partial charge >= 0.3 is 0 Å². The maximum atomic E-state index is 13.0. The predicted octanol–water partition coefficient (Wildman–Crippen LogP) is 1.75. The number of nitrogens with zero attached hydrogens (tertiary/aromatic N) is 2. The maximum Gasteiger partial charge on any atom is 0.243 e. The van der Waals surface area contributed by atoms with Gasteiger partial charge in [0.1, 0.15) is 0 Å². The van der Waals surface area contributed by atoms with Gasteiger partial charge in [-0.25, -0.2) is 21.6 Å². The van der Waals surface area contributed by atoms with Gasteiger partial charge in [-0.05, 0) is 54.2 Å². The Kier molecular flexibility index (Phi) is 8.66. The van der Waals surface area contributed by atoms with E-state index in [9.17, 15) is 26.4 Å². The largest absolute Gasteiger partial charge is 0.352 e. The molecule has 2 N–H and O–H groups in total. The number of anilines is 1. The Morgan fingerprint density at radius 2 is 1.68 bits per heavy atom. The van der Waals surface area contributed by atoms with Gasteiger partial charge in [0.15, 0.2) is 0 Å². The smallest absolute Gasteiger partial charge is 0.243 e.